The van der Waals surface area contributed by atoms with Crippen molar-refractivity contribution in [2.24, 2.45) is 0 Å². The zero-order valence-corrected chi connectivity index (χ0v) is 9.52. The van der Waals surface area contributed by atoms with Crippen molar-refractivity contribution in [1.29, 1.82) is 0 Å². The van der Waals surface area contributed by atoms with Crippen molar-refractivity contribution < 1.29 is 9.84 Å². The van der Waals surface area contributed by atoms with Crippen molar-refractivity contribution >= 4 is 27.5 Å². The lowest BCUT2D eigenvalue weighted by Gasteiger charge is -2.10. The first-order valence-electron chi connectivity index (χ1n) is 3.90. The summed E-state index contributed by atoms with van der Waals surface area (Å²) in [6.45, 7) is 2.34. The van der Waals surface area contributed by atoms with Crippen molar-refractivity contribution in [3.63, 3.8) is 0 Å². The molecule has 0 radical (unpaired) electrons. The lowest BCUT2D eigenvalue weighted by atomic mass is 10.2. The average molecular weight is 266 g/mol. The van der Waals surface area contributed by atoms with Gasteiger partial charge >= 0.3 is 0 Å². The number of aliphatic hydroxyl groups excluding tert-OH is 1. The van der Waals surface area contributed by atoms with Crippen LogP contribution >= 0.6 is 27.5 Å². The molecule has 1 N–H and O–H groups in total. The summed E-state index contributed by atoms with van der Waals surface area (Å²) in [7, 11) is 0. The fraction of sp³-hybridized carbons (Fsp3) is 0.333. The van der Waals surface area contributed by atoms with Gasteiger partial charge in [-0.15, -0.1) is 0 Å². The minimum atomic E-state index is -0.0749. The van der Waals surface area contributed by atoms with Crippen LogP contribution in [0.5, 0.6) is 5.75 Å². The zero-order chi connectivity index (χ0) is 9.84. The minimum absolute atomic E-state index is 0.0749. The highest BCUT2D eigenvalue weighted by molar-refractivity contribution is 9.10. The zero-order valence-electron chi connectivity index (χ0n) is 7.18. The molecule has 0 saturated carbocycles. The lowest BCUT2D eigenvalue weighted by Crippen LogP contribution is -1.97. The molecule has 0 aliphatic rings. The largest absolute Gasteiger partial charge is 0.492 e. The monoisotopic (exact) mass is 264 g/mol. The number of halogens is 2. The third-order valence-electron chi connectivity index (χ3n) is 1.54. The molecule has 0 bridgehead atoms. The van der Waals surface area contributed by atoms with E-state index in [0.717, 1.165) is 4.47 Å². The van der Waals surface area contributed by atoms with Crippen molar-refractivity contribution in [2.75, 3.05) is 6.61 Å². The first-order valence-corrected chi connectivity index (χ1v) is 5.07. The molecule has 0 heterocycles. The SMILES string of the molecule is CCOc1c(Cl)cc(Br)cc1CO. The Morgan fingerprint density at radius 3 is 2.77 bits per heavy atom. The summed E-state index contributed by atoms with van der Waals surface area (Å²) in [6.07, 6.45) is 0. The second kappa shape index (κ2) is 4.84. The van der Waals surface area contributed by atoms with E-state index in [9.17, 15) is 0 Å². The molecule has 0 atom stereocenters. The van der Waals surface area contributed by atoms with Crippen LogP contribution in [-0.4, -0.2) is 11.7 Å². The van der Waals surface area contributed by atoms with Gasteiger partial charge in [-0.25, -0.2) is 0 Å². The van der Waals surface area contributed by atoms with E-state index in [1.54, 1.807) is 12.1 Å². The van der Waals surface area contributed by atoms with Gasteiger partial charge in [-0.3, -0.25) is 0 Å². The van der Waals surface area contributed by atoms with Crippen LogP contribution in [0.25, 0.3) is 0 Å². The molecule has 13 heavy (non-hydrogen) atoms. The molecular formula is C9H10BrClO2. The van der Waals surface area contributed by atoms with Crippen LogP contribution in [0.2, 0.25) is 5.02 Å². The van der Waals surface area contributed by atoms with Crippen LogP contribution in [0.4, 0.5) is 0 Å². The standard InChI is InChI=1S/C9H10BrClO2/c1-2-13-9-6(5-12)3-7(10)4-8(9)11/h3-4,12H,2,5H2,1H3. The Balaban J connectivity index is 3.13. The van der Waals surface area contributed by atoms with Crippen LogP contribution in [-0.2, 0) is 6.61 Å². The second-order valence-electron chi connectivity index (χ2n) is 2.47. The topological polar surface area (TPSA) is 29.5 Å². The Morgan fingerprint density at radius 1 is 1.54 bits per heavy atom. The van der Waals surface area contributed by atoms with Gasteiger partial charge in [0.05, 0.1) is 18.2 Å². The lowest BCUT2D eigenvalue weighted by molar-refractivity contribution is 0.267. The van der Waals surface area contributed by atoms with E-state index >= 15 is 0 Å². The van der Waals surface area contributed by atoms with Crippen LogP contribution in [0.1, 0.15) is 12.5 Å². The number of ether oxygens (including phenoxy) is 1. The van der Waals surface area contributed by atoms with Gasteiger partial charge in [-0.1, -0.05) is 27.5 Å². The number of rotatable bonds is 3. The number of aliphatic hydroxyl groups is 1. The summed E-state index contributed by atoms with van der Waals surface area (Å²) in [5.74, 6) is 0.565. The van der Waals surface area contributed by atoms with Gasteiger partial charge in [0.2, 0.25) is 0 Å². The smallest absolute Gasteiger partial charge is 0.143 e. The summed E-state index contributed by atoms with van der Waals surface area (Å²) in [4.78, 5) is 0. The molecule has 0 fully saturated rings. The molecule has 1 aromatic rings. The van der Waals surface area contributed by atoms with E-state index in [-0.39, 0.29) is 6.61 Å². The molecule has 0 amide bonds. The van der Waals surface area contributed by atoms with Crippen LogP contribution in [0, 0.1) is 0 Å². The highest BCUT2D eigenvalue weighted by Crippen LogP contribution is 2.32. The van der Waals surface area contributed by atoms with E-state index in [0.29, 0.717) is 22.9 Å². The first-order chi connectivity index (χ1) is 6.19. The summed E-state index contributed by atoms with van der Waals surface area (Å²) in [5.41, 5.74) is 0.696. The van der Waals surface area contributed by atoms with Crippen molar-refractivity contribution in [2.45, 2.75) is 13.5 Å². The van der Waals surface area contributed by atoms with Crippen LogP contribution in [0.3, 0.4) is 0 Å². The molecule has 4 heteroatoms. The third-order valence-corrected chi connectivity index (χ3v) is 2.28. The average Bonchev–Trinajstić information content (AvgIpc) is 2.09. The van der Waals surface area contributed by atoms with Gasteiger partial charge in [0, 0.05) is 10.0 Å². The first kappa shape index (κ1) is 10.8. The van der Waals surface area contributed by atoms with Crippen molar-refractivity contribution in [3.05, 3.63) is 27.2 Å². The summed E-state index contributed by atoms with van der Waals surface area (Å²) >= 11 is 9.21. The summed E-state index contributed by atoms with van der Waals surface area (Å²) in [6, 6.07) is 3.53. The molecular weight excluding hydrogens is 255 g/mol. The van der Waals surface area contributed by atoms with Gasteiger partial charge < -0.3 is 9.84 Å². The Labute approximate surface area is 90.6 Å². The van der Waals surface area contributed by atoms with E-state index in [2.05, 4.69) is 15.9 Å². The second-order valence-corrected chi connectivity index (χ2v) is 3.79. The fourth-order valence-corrected chi connectivity index (χ4v) is 1.97. The third kappa shape index (κ3) is 2.59. The molecule has 0 aliphatic heterocycles. The van der Waals surface area contributed by atoms with Gasteiger partial charge in [0.25, 0.3) is 0 Å². The minimum Gasteiger partial charge on any atom is -0.492 e. The fourth-order valence-electron chi connectivity index (χ4n) is 1.04. The van der Waals surface area contributed by atoms with E-state index in [1.165, 1.54) is 0 Å². The molecule has 1 aromatic carbocycles. The Kier molecular flexibility index (Phi) is 4.03. The number of hydrogen-bond donors (Lipinski definition) is 1. The summed E-state index contributed by atoms with van der Waals surface area (Å²) in [5, 5.41) is 9.55. The summed E-state index contributed by atoms with van der Waals surface area (Å²) < 4.78 is 6.14. The molecule has 2 nitrogen and oxygen atoms in total. The van der Waals surface area contributed by atoms with Crippen LogP contribution in [0.15, 0.2) is 16.6 Å². The predicted octanol–water partition coefficient (Wildman–Crippen LogP) is 2.99. The Morgan fingerprint density at radius 2 is 2.23 bits per heavy atom. The molecule has 0 unspecified atom stereocenters. The van der Waals surface area contributed by atoms with E-state index in [1.807, 2.05) is 6.92 Å². The molecule has 0 aromatic heterocycles. The predicted molar refractivity (Wildman–Crippen MR) is 56.2 cm³/mol. The Bertz CT molecular complexity index is 302. The van der Waals surface area contributed by atoms with Gasteiger partial charge in [-0.05, 0) is 19.1 Å². The molecule has 1 rings (SSSR count). The van der Waals surface area contributed by atoms with Gasteiger partial charge in [-0.2, -0.15) is 0 Å². The van der Waals surface area contributed by atoms with Crippen molar-refractivity contribution in [3.8, 4) is 5.75 Å². The van der Waals surface area contributed by atoms with Crippen molar-refractivity contribution in [1.82, 2.24) is 0 Å². The molecule has 72 valence electrons. The molecule has 0 saturated heterocycles. The Hall–Kier alpha value is -0.250. The van der Waals surface area contributed by atoms with Crippen LogP contribution < -0.4 is 4.74 Å². The number of benzene rings is 1. The highest BCUT2D eigenvalue weighted by Gasteiger charge is 2.08. The highest BCUT2D eigenvalue weighted by atomic mass is 79.9. The maximum absolute atomic E-state index is 9.03. The number of hydrogen-bond acceptors (Lipinski definition) is 2. The maximum Gasteiger partial charge on any atom is 0.143 e. The maximum atomic E-state index is 9.03. The van der Waals surface area contributed by atoms with E-state index < -0.39 is 0 Å². The molecule has 0 aliphatic carbocycles. The van der Waals surface area contributed by atoms with Gasteiger partial charge in [0.15, 0.2) is 0 Å². The van der Waals surface area contributed by atoms with Gasteiger partial charge in [0.1, 0.15) is 5.75 Å². The quantitative estimate of drug-likeness (QED) is 0.910. The normalized spacial score (nSPS) is 10.2. The molecule has 0 spiro atoms. The van der Waals surface area contributed by atoms with E-state index in [4.69, 9.17) is 21.4 Å².